The van der Waals surface area contributed by atoms with E-state index in [0.717, 1.165) is 15.8 Å². The molecule has 3 aromatic rings. The Hall–Kier alpha value is -2.93. The van der Waals surface area contributed by atoms with Crippen LogP contribution in [0.1, 0.15) is 11.1 Å². The summed E-state index contributed by atoms with van der Waals surface area (Å²) in [5.41, 5.74) is 0.276. The van der Waals surface area contributed by atoms with Gasteiger partial charge < -0.3 is 4.74 Å². The molecule has 0 saturated heterocycles. The number of hydrogen-bond donors (Lipinski definition) is 1. The molecule has 0 saturated carbocycles. The first-order chi connectivity index (χ1) is 12.5. The highest BCUT2D eigenvalue weighted by atomic mass is 35.5. The number of H-pyrrole nitrogens is 1. The SMILES string of the molecule is O=c1[nH]c(=O)n(CCc2ccc(F)c(Cl)c2)nc1OCc1ccccc1. The van der Waals surface area contributed by atoms with Crippen molar-refractivity contribution in [2.45, 2.75) is 19.6 Å². The Labute approximate surface area is 152 Å². The van der Waals surface area contributed by atoms with E-state index in [0.29, 0.717) is 6.42 Å². The molecule has 0 aliphatic rings. The third kappa shape index (κ3) is 4.37. The van der Waals surface area contributed by atoms with Gasteiger partial charge >= 0.3 is 11.2 Å². The van der Waals surface area contributed by atoms with Gasteiger partial charge in [0.15, 0.2) is 0 Å². The molecule has 134 valence electrons. The van der Waals surface area contributed by atoms with Gasteiger partial charge in [0, 0.05) is 0 Å². The number of hydrogen-bond acceptors (Lipinski definition) is 4. The van der Waals surface area contributed by atoms with Crippen molar-refractivity contribution in [2.24, 2.45) is 0 Å². The highest BCUT2D eigenvalue weighted by Gasteiger charge is 2.09. The van der Waals surface area contributed by atoms with Crippen LogP contribution in [-0.4, -0.2) is 14.8 Å². The molecule has 8 heteroatoms. The van der Waals surface area contributed by atoms with Crippen LogP contribution in [0, 0.1) is 5.82 Å². The van der Waals surface area contributed by atoms with Gasteiger partial charge in [-0.05, 0) is 29.7 Å². The van der Waals surface area contributed by atoms with Crippen molar-refractivity contribution in [3.05, 3.63) is 91.3 Å². The molecule has 3 rings (SSSR count). The molecule has 0 spiro atoms. The second-order valence-corrected chi connectivity index (χ2v) is 5.97. The van der Waals surface area contributed by atoms with Crippen molar-refractivity contribution in [1.29, 1.82) is 0 Å². The van der Waals surface area contributed by atoms with Crippen LogP contribution in [0.5, 0.6) is 5.88 Å². The molecular weight excluding hydrogens is 361 g/mol. The highest BCUT2D eigenvalue weighted by molar-refractivity contribution is 6.30. The van der Waals surface area contributed by atoms with E-state index in [4.69, 9.17) is 16.3 Å². The molecule has 1 N–H and O–H groups in total. The molecule has 0 atom stereocenters. The summed E-state index contributed by atoms with van der Waals surface area (Å²) in [6, 6.07) is 13.6. The lowest BCUT2D eigenvalue weighted by Gasteiger charge is -2.08. The Morgan fingerprint density at radius 1 is 1.12 bits per heavy atom. The van der Waals surface area contributed by atoms with Crippen LogP contribution >= 0.6 is 11.6 Å². The lowest BCUT2D eigenvalue weighted by Crippen LogP contribution is -2.33. The average Bonchev–Trinajstić information content (AvgIpc) is 2.64. The predicted molar refractivity (Wildman–Crippen MR) is 95.0 cm³/mol. The molecule has 1 heterocycles. The summed E-state index contributed by atoms with van der Waals surface area (Å²) in [5.74, 6) is -0.697. The van der Waals surface area contributed by atoms with Gasteiger partial charge in [-0.25, -0.2) is 13.9 Å². The summed E-state index contributed by atoms with van der Waals surface area (Å²) >= 11 is 5.75. The van der Waals surface area contributed by atoms with Crippen molar-refractivity contribution in [2.75, 3.05) is 0 Å². The molecule has 0 amide bonds. The molecule has 0 fully saturated rings. The van der Waals surface area contributed by atoms with E-state index >= 15 is 0 Å². The van der Waals surface area contributed by atoms with Gasteiger partial charge in [0.25, 0.3) is 5.88 Å². The van der Waals surface area contributed by atoms with E-state index in [2.05, 4.69) is 10.1 Å². The number of halogens is 2. The van der Waals surface area contributed by atoms with Gasteiger partial charge in [0.05, 0.1) is 11.6 Å². The maximum absolute atomic E-state index is 13.2. The zero-order valence-corrected chi connectivity index (χ0v) is 14.4. The summed E-state index contributed by atoms with van der Waals surface area (Å²) in [5, 5.41) is 3.98. The highest BCUT2D eigenvalue weighted by Crippen LogP contribution is 2.16. The first kappa shape index (κ1) is 17.9. The predicted octanol–water partition coefficient (Wildman–Crippen LogP) is 2.55. The molecule has 0 aliphatic heterocycles. The Morgan fingerprint density at radius 3 is 2.62 bits per heavy atom. The number of aromatic amines is 1. The van der Waals surface area contributed by atoms with Crippen LogP contribution in [0.4, 0.5) is 4.39 Å². The summed E-state index contributed by atoms with van der Waals surface area (Å²) in [6.45, 7) is 0.335. The summed E-state index contributed by atoms with van der Waals surface area (Å²) < 4.78 is 19.7. The van der Waals surface area contributed by atoms with Crippen molar-refractivity contribution < 1.29 is 9.13 Å². The monoisotopic (exact) mass is 375 g/mol. The number of aryl methyl sites for hydroxylation is 2. The maximum Gasteiger partial charge on any atom is 0.344 e. The lowest BCUT2D eigenvalue weighted by molar-refractivity contribution is 0.275. The van der Waals surface area contributed by atoms with Crippen molar-refractivity contribution in [3.8, 4) is 5.88 Å². The van der Waals surface area contributed by atoms with Crippen LogP contribution in [0.25, 0.3) is 0 Å². The van der Waals surface area contributed by atoms with Crippen LogP contribution in [0.3, 0.4) is 0 Å². The first-order valence-electron chi connectivity index (χ1n) is 7.85. The molecule has 0 bridgehead atoms. The summed E-state index contributed by atoms with van der Waals surface area (Å²) in [4.78, 5) is 25.9. The van der Waals surface area contributed by atoms with Crippen molar-refractivity contribution >= 4 is 11.6 Å². The average molecular weight is 376 g/mol. The Morgan fingerprint density at radius 2 is 1.88 bits per heavy atom. The number of nitrogens with zero attached hydrogens (tertiary/aromatic N) is 2. The molecule has 1 aromatic heterocycles. The van der Waals surface area contributed by atoms with Crippen LogP contribution in [-0.2, 0) is 19.6 Å². The molecule has 6 nitrogen and oxygen atoms in total. The molecule has 0 aliphatic carbocycles. The third-order valence-corrected chi connectivity index (χ3v) is 3.96. The summed E-state index contributed by atoms with van der Waals surface area (Å²) in [7, 11) is 0. The number of aromatic nitrogens is 3. The smallest absolute Gasteiger partial charge is 0.344 e. The van der Waals surface area contributed by atoms with Gasteiger partial charge in [-0.2, -0.15) is 0 Å². The van der Waals surface area contributed by atoms with E-state index in [1.807, 2.05) is 30.3 Å². The minimum absolute atomic E-state index is 0.0103. The summed E-state index contributed by atoms with van der Waals surface area (Å²) in [6.07, 6.45) is 0.386. The quantitative estimate of drug-likeness (QED) is 0.718. The molecular formula is C18H15ClFN3O3. The van der Waals surface area contributed by atoms with Gasteiger partial charge in [-0.15, -0.1) is 5.10 Å². The first-order valence-corrected chi connectivity index (χ1v) is 8.23. The number of nitrogens with one attached hydrogen (secondary N) is 1. The van der Waals surface area contributed by atoms with Gasteiger partial charge in [-0.3, -0.25) is 9.78 Å². The zero-order valence-electron chi connectivity index (χ0n) is 13.6. The van der Waals surface area contributed by atoms with Gasteiger partial charge in [0.2, 0.25) is 0 Å². The van der Waals surface area contributed by atoms with E-state index in [-0.39, 0.29) is 24.1 Å². The second-order valence-electron chi connectivity index (χ2n) is 5.56. The maximum atomic E-state index is 13.2. The number of ether oxygens (including phenoxy) is 1. The van der Waals surface area contributed by atoms with Gasteiger partial charge in [-0.1, -0.05) is 48.0 Å². The van der Waals surface area contributed by atoms with E-state index in [9.17, 15) is 14.0 Å². The van der Waals surface area contributed by atoms with E-state index in [1.54, 1.807) is 6.07 Å². The Balaban J connectivity index is 1.73. The fourth-order valence-corrected chi connectivity index (χ4v) is 2.52. The molecule has 0 unspecified atom stereocenters. The fourth-order valence-electron chi connectivity index (χ4n) is 2.32. The van der Waals surface area contributed by atoms with Crippen LogP contribution in [0.15, 0.2) is 58.1 Å². The minimum atomic E-state index is -0.688. The topological polar surface area (TPSA) is 77.0 Å². The Bertz CT molecular complexity index is 1020. The lowest BCUT2D eigenvalue weighted by atomic mass is 10.1. The third-order valence-electron chi connectivity index (χ3n) is 3.68. The van der Waals surface area contributed by atoms with Crippen LogP contribution < -0.4 is 16.0 Å². The fraction of sp³-hybridized carbons (Fsp3) is 0.167. The van der Waals surface area contributed by atoms with Crippen LogP contribution in [0.2, 0.25) is 5.02 Å². The van der Waals surface area contributed by atoms with Gasteiger partial charge in [0.1, 0.15) is 12.4 Å². The number of benzene rings is 2. The number of rotatable bonds is 6. The van der Waals surface area contributed by atoms with E-state index in [1.165, 1.54) is 12.1 Å². The van der Waals surface area contributed by atoms with Crippen molar-refractivity contribution in [1.82, 2.24) is 14.8 Å². The minimum Gasteiger partial charge on any atom is -0.468 e. The Kier molecular flexibility index (Phi) is 5.48. The molecule has 26 heavy (non-hydrogen) atoms. The van der Waals surface area contributed by atoms with Crippen molar-refractivity contribution in [3.63, 3.8) is 0 Å². The largest absolute Gasteiger partial charge is 0.468 e. The molecule has 2 aromatic carbocycles. The standard InChI is InChI=1S/C18H15ClFN3O3/c19-14-10-12(6-7-15(14)20)8-9-23-18(25)21-16(24)17(22-23)26-11-13-4-2-1-3-5-13/h1-7,10H,8-9,11H2,(H,21,24,25). The van der Waals surface area contributed by atoms with E-state index < -0.39 is 17.1 Å². The molecule has 0 radical (unpaired) electrons. The zero-order chi connectivity index (χ0) is 18.5. The second kappa shape index (κ2) is 7.97. The normalized spacial score (nSPS) is 10.7.